The zero-order valence-electron chi connectivity index (χ0n) is 52.2. The minimum atomic E-state index is -0.659. The van der Waals surface area contributed by atoms with E-state index in [-0.39, 0.29) is 18.5 Å². The Morgan fingerprint density at radius 1 is 0.364 bits per heavy atom. The summed E-state index contributed by atoms with van der Waals surface area (Å²) < 4.78 is 5.48. The number of carbonyl (C=O) groups is 2. The summed E-state index contributed by atoms with van der Waals surface area (Å²) in [6, 6.07) is -0.536. The normalized spacial score (nSPS) is 12.6. The number of allylic oxidation sites excluding steroid dienone is 4. The lowest BCUT2D eigenvalue weighted by Gasteiger charge is -2.22. The van der Waals surface area contributed by atoms with Crippen LogP contribution in [0.3, 0.4) is 0 Å². The minimum absolute atomic E-state index is 0.00746. The lowest BCUT2D eigenvalue weighted by Crippen LogP contribution is -2.45. The number of hydrogen-bond acceptors (Lipinski definition) is 5. The molecule has 0 rings (SSSR count). The number of amides is 1. The Morgan fingerprint density at radius 2 is 0.662 bits per heavy atom. The highest BCUT2D eigenvalue weighted by atomic mass is 16.5. The van der Waals surface area contributed by atoms with E-state index in [4.69, 9.17) is 4.74 Å². The SMILES string of the molecule is CCCC/C=C\C/C=C\CCCCCCCC(=O)OCCCCCCCCCCCCCCCCCCCCCCCCCCCCCCCCCCCC(=O)NC(CO)C(O)CCCCCCCCCCCCCCC. The molecule has 6 heteroatoms. The van der Waals surface area contributed by atoms with E-state index in [2.05, 4.69) is 43.5 Å². The highest BCUT2D eigenvalue weighted by Crippen LogP contribution is 2.19. The molecule has 0 saturated heterocycles. The average molecular weight is 1080 g/mol. The molecule has 77 heavy (non-hydrogen) atoms. The maximum Gasteiger partial charge on any atom is 0.305 e. The van der Waals surface area contributed by atoms with Crippen LogP contribution in [-0.4, -0.2) is 47.4 Å². The number of rotatable bonds is 66. The fraction of sp³-hybridized carbons (Fsp3) is 0.915. The maximum absolute atomic E-state index is 12.5. The van der Waals surface area contributed by atoms with Gasteiger partial charge in [-0.15, -0.1) is 0 Å². The van der Waals surface area contributed by atoms with Crippen LogP contribution in [0, 0.1) is 0 Å². The van der Waals surface area contributed by atoms with Crippen molar-refractivity contribution in [2.24, 2.45) is 0 Å². The predicted molar refractivity (Wildman–Crippen MR) is 338 cm³/mol. The number of carbonyl (C=O) groups excluding carboxylic acids is 2. The van der Waals surface area contributed by atoms with E-state index in [1.54, 1.807) is 0 Å². The van der Waals surface area contributed by atoms with Crippen molar-refractivity contribution in [2.75, 3.05) is 13.2 Å². The number of aliphatic hydroxyl groups excluding tert-OH is 2. The summed E-state index contributed by atoms with van der Waals surface area (Å²) >= 11 is 0. The first-order valence-electron chi connectivity index (χ1n) is 35.1. The Bertz CT molecular complexity index is 1200. The minimum Gasteiger partial charge on any atom is -0.466 e. The van der Waals surface area contributed by atoms with Crippen molar-refractivity contribution >= 4 is 11.9 Å². The van der Waals surface area contributed by atoms with E-state index in [0.717, 1.165) is 51.4 Å². The lowest BCUT2D eigenvalue weighted by molar-refractivity contribution is -0.143. The second-order valence-corrected chi connectivity index (χ2v) is 24.2. The molecule has 0 saturated carbocycles. The van der Waals surface area contributed by atoms with Gasteiger partial charge < -0.3 is 20.3 Å². The molecule has 0 spiro atoms. The largest absolute Gasteiger partial charge is 0.466 e. The lowest BCUT2D eigenvalue weighted by atomic mass is 10.0. The molecule has 0 radical (unpaired) electrons. The van der Waals surface area contributed by atoms with Gasteiger partial charge in [-0.2, -0.15) is 0 Å². The third kappa shape index (κ3) is 63.4. The predicted octanol–water partition coefficient (Wildman–Crippen LogP) is 22.5. The smallest absolute Gasteiger partial charge is 0.305 e. The zero-order valence-corrected chi connectivity index (χ0v) is 52.2. The van der Waals surface area contributed by atoms with Gasteiger partial charge in [0.05, 0.1) is 25.4 Å². The van der Waals surface area contributed by atoms with Crippen LogP contribution in [0.15, 0.2) is 24.3 Å². The third-order valence-corrected chi connectivity index (χ3v) is 16.5. The van der Waals surface area contributed by atoms with Gasteiger partial charge in [-0.1, -0.05) is 353 Å². The summed E-state index contributed by atoms with van der Waals surface area (Å²) in [5.74, 6) is -0.0207. The molecule has 0 heterocycles. The van der Waals surface area contributed by atoms with Crippen LogP contribution in [0.4, 0.5) is 0 Å². The molecule has 0 aromatic carbocycles. The molecule has 0 aliphatic rings. The van der Waals surface area contributed by atoms with Crippen molar-refractivity contribution in [3.8, 4) is 0 Å². The Balaban J connectivity index is 3.30. The van der Waals surface area contributed by atoms with E-state index >= 15 is 0 Å². The summed E-state index contributed by atoms with van der Waals surface area (Å²) in [4.78, 5) is 24.5. The van der Waals surface area contributed by atoms with Gasteiger partial charge in [0.25, 0.3) is 0 Å². The van der Waals surface area contributed by atoms with Crippen LogP contribution in [0.25, 0.3) is 0 Å². The first-order valence-corrected chi connectivity index (χ1v) is 35.1. The van der Waals surface area contributed by atoms with Gasteiger partial charge in [-0.25, -0.2) is 0 Å². The number of hydrogen-bond donors (Lipinski definition) is 3. The highest BCUT2D eigenvalue weighted by molar-refractivity contribution is 5.76. The number of esters is 1. The molecule has 2 unspecified atom stereocenters. The van der Waals surface area contributed by atoms with Crippen molar-refractivity contribution in [3.63, 3.8) is 0 Å². The van der Waals surface area contributed by atoms with E-state index in [9.17, 15) is 19.8 Å². The van der Waals surface area contributed by atoms with Gasteiger partial charge in [0, 0.05) is 12.8 Å². The van der Waals surface area contributed by atoms with Gasteiger partial charge >= 0.3 is 5.97 Å². The van der Waals surface area contributed by atoms with E-state index in [1.165, 1.54) is 308 Å². The molecule has 456 valence electrons. The second kappa shape index (κ2) is 66.8. The molecular formula is C71H137NO5. The standard InChI is InChI=1S/C71H137NO5/c1-3-5-7-9-11-13-15-17-41-45-49-53-57-61-65-71(76)77-66-62-58-54-50-46-42-38-36-34-32-30-28-26-24-22-20-18-19-21-23-25-27-29-31-33-35-37-40-44-48-52-56-60-64-70(75)72-68(67-73)69(74)63-59-55-51-47-43-39-16-14-12-10-8-6-4-2/h9,11,15,17,68-69,73-74H,3-8,10,12-14,16,18-67H2,1-2H3,(H,72,75)/b11-9-,17-15-. The Kier molecular flexibility index (Phi) is 65.4. The van der Waals surface area contributed by atoms with Gasteiger partial charge in [0.1, 0.15) is 0 Å². The molecule has 0 aliphatic carbocycles. The van der Waals surface area contributed by atoms with Gasteiger partial charge in [-0.3, -0.25) is 9.59 Å². The molecule has 0 fully saturated rings. The molecule has 3 N–H and O–H groups in total. The quantitative estimate of drug-likeness (QED) is 0.0320. The van der Waals surface area contributed by atoms with Gasteiger partial charge in [0.2, 0.25) is 5.91 Å². The average Bonchev–Trinajstić information content (AvgIpc) is 3.43. The van der Waals surface area contributed by atoms with Crippen molar-refractivity contribution in [1.82, 2.24) is 5.32 Å². The molecule has 1 amide bonds. The molecule has 0 aliphatic heterocycles. The van der Waals surface area contributed by atoms with Crippen molar-refractivity contribution in [2.45, 2.75) is 405 Å². The number of aliphatic hydroxyl groups is 2. The second-order valence-electron chi connectivity index (χ2n) is 24.2. The molecular weight excluding hydrogens is 947 g/mol. The Morgan fingerprint density at radius 3 is 1.03 bits per heavy atom. The summed E-state index contributed by atoms with van der Waals surface area (Å²) in [7, 11) is 0. The topological polar surface area (TPSA) is 95.9 Å². The van der Waals surface area contributed by atoms with Crippen molar-refractivity contribution in [3.05, 3.63) is 24.3 Å². The van der Waals surface area contributed by atoms with Crippen LogP contribution < -0.4 is 5.32 Å². The van der Waals surface area contributed by atoms with Crippen molar-refractivity contribution in [1.29, 1.82) is 0 Å². The maximum atomic E-state index is 12.5. The van der Waals surface area contributed by atoms with E-state index in [0.29, 0.717) is 25.9 Å². The first kappa shape index (κ1) is 75.3. The summed E-state index contributed by atoms with van der Waals surface area (Å²) in [5.41, 5.74) is 0. The fourth-order valence-corrected chi connectivity index (χ4v) is 11.1. The van der Waals surface area contributed by atoms with Crippen LogP contribution in [0.1, 0.15) is 393 Å². The summed E-state index contributed by atoms with van der Waals surface area (Å²) in [6.45, 7) is 4.93. The summed E-state index contributed by atoms with van der Waals surface area (Å²) in [5, 5.41) is 23.3. The zero-order chi connectivity index (χ0) is 55.7. The molecule has 6 nitrogen and oxygen atoms in total. The van der Waals surface area contributed by atoms with Gasteiger partial charge in [0.15, 0.2) is 0 Å². The van der Waals surface area contributed by atoms with Gasteiger partial charge in [-0.05, 0) is 51.4 Å². The van der Waals surface area contributed by atoms with E-state index < -0.39 is 12.1 Å². The van der Waals surface area contributed by atoms with Crippen LogP contribution in [-0.2, 0) is 14.3 Å². The van der Waals surface area contributed by atoms with E-state index in [1.807, 2.05) is 0 Å². The van der Waals surface area contributed by atoms with Crippen LogP contribution in [0.2, 0.25) is 0 Å². The van der Waals surface area contributed by atoms with Crippen molar-refractivity contribution < 1.29 is 24.5 Å². The first-order chi connectivity index (χ1) is 38.0. The number of nitrogens with one attached hydrogen (secondary N) is 1. The molecule has 2 atom stereocenters. The molecule has 0 aromatic rings. The monoisotopic (exact) mass is 1080 g/mol. The molecule has 0 aromatic heterocycles. The third-order valence-electron chi connectivity index (χ3n) is 16.5. The Labute approximate surface area is 481 Å². The number of ether oxygens (including phenoxy) is 1. The summed E-state index contributed by atoms with van der Waals surface area (Å²) in [6.07, 6.45) is 83.8. The highest BCUT2D eigenvalue weighted by Gasteiger charge is 2.20. The molecule has 0 bridgehead atoms. The number of unbranched alkanes of at least 4 members (excludes halogenated alkanes) is 51. The van der Waals surface area contributed by atoms with Crippen LogP contribution >= 0.6 is 0 Å². The Hall–Kier alpha value is -1.66. The fourth-order valence-electron chi connectivity index (χ4n) is 11.1. The van der Waals surface area contributed by atoms with Crippen LogP contribution in [0.5, 0.6) is 0 Å².